The minimum absolute atomic E-state index is 0.0611. The maximum absolute atomic E-state index is 11.4. The molecule has 1 aromatic heterocycles. The summed E-state index contributed by atoms with van der Waals surface area (Å²) in [5, 5.41) is 15.5. The fourth-order valence-electron chi connectivity index (χ4n) is 4.66. The third-order valence-electron chi connectivity index (χ3n) is 6.68. The van der Waals surface area contributed by atoms with Crippen molar-refractivity contribution in [2.75, 3.05) is 30.4 Å². The molecule has 2 fully saturated rings. The average molecular weight is 434 g/mol. The molecule has 1 aliphatic carbocycles. The number of piperidine rings is 1. The molecule has 1 N–H and O–H groups in total. The molecule has 166 valence electrons. The van der Waals surface area contributed by atoms with E-state index in [0.29, 0.717) is 17.9 Å². The summed E-state index contributed by atoms with van der Waals surface area (Å²) in [6, 6.07) is 13.5. The summed E-state index contributed by atoms with van der Waals surface area (Å²) in [5.74, 6) is 2.73. The highest BCUT2D eigenvalue weighted by Crippen LogP contribution is 2.37. The van der Waals surface area contributed by atoms with Gasteiger partial charge in [0.1, 0.15) is 11.6 Å². The van der Waals surface area contributed by atoms with Gasteiger partial charge in [0.25, 0.3) is 5.69 Å². The first kappa shape index (κ1) is 20.5. The van der Waals surface area contributed by atoms with Crippen molar-refractivity contribution in [1.82, 2.24) is 9.97 Å². The number of benzene rings is 2. The van der Waals surface area contributed by atoms with Crippen LogP contribution in [0.4, 0.5) is 17.5 Å². The summed E-state index contributed by atoms with van der Waals surface area (Å²) >= 11 is 0. The second kappa shape index (κ2) is 8.61. The molecule has 3 aromatic rings. The van der Waals surface area contributed by atoms with Gasteiger partial charge in [-0.05, 0) is 55.7 Å². The van der Waals surface area contributed by atoms with Crippen LogP contribution >= 0.6 is 0 Å². The van der Waals surface area contributed by atoms with Crippen molar-refractivity contribution in [1.29, 1.82) is 0 Å². The Hall–Kier alpha value is -3.42. The summed E-state index contributed by atoms with van der Waals surface area (Å²) in [6.45, 7) is 1.64. The molecule has 2 aliphatic rings. The summed E-state index contributed by atoms with van der Waals surface area (Å²) in [5.41, 5.74) is 2.03. The zero-order chi connectivity index (χ0) is 22.1. The fraction of sp³-hybridized carbons (Fsp3) is 0.417. The van der Waals surface area contributed by atoms with Crippen LogP contribution in [-0.2, 0) is 0 Å². The van der Waals surface area contributed by atoms with E-state index in [1.807, 2.05) is 12.1 Å². The van der Waals surface area contributed by atoms with Crippen molar-refractivity contribution in [2.24, 2.45) is 0 Å². The largest absolute Gasteiger partial charge is 0.496 e. The number of rotatable bonds is 6. The van der Waals surface area contributed by atoms with E-state index in [-0.39, 0.29) is 10.6 Å². The van der Waals surface area contributed by atoms with Crippen molar-refractivity contribution < 1.29 is 9.66 Å². The Balaban J connectivity index is 1.45. The normalized spacial score (nSPS) is 17.2. The molecule has 2 aromatic carbocycles. The molecular weight excluding hydrogens is 406 g/mol. The zero-order valence-electron chi connectivity index (χ0n) is 18.2. The molecule has 1 saturated heterocycles. The van der Waals surface area contributed by atoms with E-state index in [2.05, 4.69) is 27.3 Å². The first-order valence-electron chi connectivity index (χ1n) is 11.2. The molecule has 0 spiro atoms. The maximum atomic E-state index is 11.4. The maximum Gasteiger partial charge on any atom is 0.270 e. The molecule has 0 atom stereocenters. The van der Waals surface area contributed by atoms with Crippen molar-refractivity contribution in [3.05, 3.63) is 58.1 Å². The number of aromatic nitrogens is 2. The quantitative estimate of drug-likeness (QED) is 0.437. The zero-order valence-corrected chi connectivity index (χ0v) is 18.2. The predicted molar refractivity (Wildman–Crippen MR) is 125 cm³/mol. The molecule has 8 heteroatoms. The molecular formula is C24H27N5O3. The first-order valence-corrected chi connectivity index (χ1v) is 11.2. The van der Waals surface area contributed by atoms with Crippen LogP contribution in [0.25, 0.3) is 10.9 Å². The molecule has 2 heterocycles. The third-order valence-corrected chi connectivity index (χ3v) is 6.68. The van der Waals surface area contributed by atoms with Gasteiger partial charge >= 0.3 is 0 Å². The Kier molecular flexibility index (Phi) is 5.51. The van der Waals surface area contributed by atoms with Gasteiger partial charge in [0, 0.05) is 36.7 Å². The second-order valence-electron chi connectivity index (χ2n) is 8.60. The van der Waals surface area contributed by atoms with Gasteiger partial charge in [-0.15, -0.1) is 0 Å². The van der Waals surface area contributed by atoms with E-state index in [9.17, 15) is 10.1 Å². The minimum atomic E-state index is -0.363. The summed E-state index contributed by atoms with van der Waals surface area (Å²) in [7, 11) is 1.71. The van der Waals surface area contributed by atoms with Crippen LogP contribution in [-0.4, -0.2) is 41.1 Å². The van der Waals surface area contributed by atoms with E-state index in [1.165, 1.54) is 18.1 Å². The number of nitro groups is 1. The SMILES string of the molecule is COc1ccccc1C1CCN(c2nc(NC3CCC3)nc3ccc([N+](=O)[O-])cc23)CC1. The molecule has 8 nitrogen and oxygen atoms in total. The first-order chi connectivity index (χ1) is 15.6. The van der Waals surface area contributed by atoms with E-state index < -0.39 is 0 Å². The fourth-order valence-corrected chi connectivity index (χ4v) is 4.66. The van der Waals surface area contributed by atoms with E-state index in [0.717, 1.165) is 61.2 Å². The number of non-ortho nitro benzene ring substituents is 1. The lowest BCUT2D eigenvalue weighted by molar-refractivity contribution is -0.384. The third kappa shape index (κ3) is 3.92. The van der Waals surface area contributed by atoms with Gasteiger partial charge in [-0.25, -0.2) is 4.98 Å². The molecule has 1 aliphatic heterocycles. The van der Waals surface area contributed by atoms with Crippen molar-refractivity contribution in [2.45, 2.75) is 44.1 Å². The number of ether oxygens (including phenoxy) is 1. The van der Waals surface area contributed by atoms with Gasteiger partial charge in [-0.3, -0.25) is 10.1 Å². The second-order valence-corrected chi connectivity index (χ2v) is 8.60. The Labute approximate surface area is 186 Å². The van der Waals surface area contributed by atoms with Crippen molar-refractivity contribution in [3.63, 3.8) is 0 Å². The van der Waals surface area contributed by atoms with Gasteiger partial charge in [0.2, 0.25) is 5.95 Å². The number of para-hydroxylation sites is 1. The van der Waals surface area contributed by atoms with Crippen LogP contribution in [0.5, 0.6) is 5.75 Å². The Bertz CT molecular complexity index is 1140. The lowest BCUT2D eigenvalue weighted by Gasteiger charge is -2.34. The number of hydrogen-bond donors (Lipinski definition) is 1. The van der Waals surface area contributed by atoms with Crippen LogP contribution in [0, 0.1) is 10.1 Å². The molecule has 5 rings (SSSR count). The van der Waals surface area contributed by atoms with Crippen LogP contribution in [0.15, 0.2) is 42.5 Å². The van der Waals surface area contributed by atoms with Crippen LogP contribution in [0.1, 0.15) is 43.6 Å². The molecule has 0 bridgehead atoms. The number of methoxy groups -OCH3 is 1. The predicted octanol–water partition coefficient (Wildman–Crippen LogP) is 4.90. The van der Waals surface area contributed by atoms with Crippen LogP contribution < -0.4 is 15.0 Å². The Morgan fingerprint density at radius 2 is 1.88 bits per heavy atom. The minimum Gasteiger partial charge on any atom is -0.496 e. The summed E-state index contributed by atoms with van der Waals surface area (Å²) in [6.07, 6.45) is 5.40. The van der Waals surface area contributed by atoms with Crippen LogP contribution in [0.3, 0.4) is 0 Å². The van der Waals surface area contributed by atoms with Crippen molar-refractivity contribution >= 4 is 28.4 Å². The highest BCUT2D eigenvalue weighted by Gasteiger charge is 2.26. The molecule has 32 heavy (non-hydrogen) atoms. The standard InChI is InChI=1S/C24H27N5O3/c1-32-22-8-3-2-7-19(22)16-11-13-28(14-12-16)23-20-15-18(29(30)31)9-10-21(20)26-24(27-23)25-17-5-4-6-17/h2-3,7-10,15-17H,4-6,11-14H2,1H3,(H,25,26,27). The number of anilines is 2. The Morgan fingerprint density at radius 3 is 2.56 bits per heavy atom. The average Bonchev–Trinajstić information content (AvgIpc) is 2.80. The Morgan fingerprint density at radius 1 is 1.09 bits per heavy atom. The highest BCUT2D eigenvalue weighted by molar-refractivity contribution is 5.92. The summed E-state index contributed by atoms with van der Waals surface area (Å²) in [4.78, 5) is 22.7. The van der Waals surface area contributed by atoms with Crippen molar-refractivity contribution in [3.8, 4) is 5.75 Å². The van der Waals surface area contributed by atoms with Gasteiger partial charge in [0.15, 0.2) is 0 Å². The number of fused-ring (bicyclic) bond motifs is 1. The smallest absolute Gasteiger partial charge is 0.270 e. The number of nitrogens with one attached hydrogen (secondary N) is 1. The molecule has 0 amide bonds. The topological polar surface area (TPSA) is 93.4 Å². The van der Waals surface area contributed by atoms with Gasteiger partial charge in [-0.2, -0.15) is 4.98 Å². The van der Waals surface area contributed by atoms with E-state index >= 15 is 0 Å². The molecule has 0 radical (unpaired) electrons. The number of hydrogen-bond acceptors (Lipinski definition) is 7. The van der Waals surface area contributed by atoms with Gasteiger partial charge in [-0.1, -0.05) is 18.2 Å². The van der Waals surface area contributed by atoms with Crippen LogP contribution in [0.2, 0.25) is 0 Å². The number of nitro benzene ring substituents is 1. The van der Waals surface area contributed by atoms with Gasteiger partial charge < -0.3 is 15.0 Å². The monoisotopic (exact) mass is 433 g/mol. The molecule has 0 unspecified atom stereocenters. The summed E-state index contributed by atoms with van der Waals surface area (Å²) < 4.78 is 5.57. The lowest BCUT2D eigenvalue weighted by atomic mass is 9.88. The lowest BCUT2D eigenvalue weighted by Crippen LogP contribution is -2.34. The number of nitrogens with zero attached hydrogens (tertiary/aromatic N) is 4. The van der Waals surface area contributed by atoms with Gasteiger partial charge in [0.05, 0.1) is 17.5 Å². The van der Waals surface area contributed by atoms with E-state index in [4.69, 9.17) is 9.72 Å². The molecule has 1 saturated carbocycles. The van der Waals surface area contributed by atoms with E-state index in [1.54, 1.807) is 19.2 Å². The highest BCUT2D eigenvalue weighted by atomic mass is 16.6.